The zero-order valence-electron chi connectivity index (χ0n) is 24.4. The van der Waals surface area contributed by atoms with Crippen molar-refractivity contribution in [1.82, 2.24) is 0 Å². The molecule has 0 atom stereocenters. The van der Waals surface area contributed by atoms with Crippen LogP contribution in [0, 0.1) is 0 Å². The molecule has 41 heavy (non-hydrogen) atoms. The van der Waals surface area contributed by atoms with Crippen molar-refractivity contribution in [1.29, 1.82) is 0 Å². The first-order valence-electron chi connectivity index (χ1n) is 13.5. The summed E-state index contributed by atoms with van der Waals surface area (Å²) in [5.41, 5.74) is -1.32. The van der Waals surface area contributed by atoms with Crippen LogP contribution in [-0.2, 0) is 16.0 Å². The van der Waals surface area contributed by atoms with E-state index in [1.54, 1.807) is 45.0 Å². The Labute approximate surface area is 238 Å². The summed E-state index contributed by atoms with van der Waals surface area (Å²) in [6, 6.07) is 10.8. The molecule has 0 bridgehead atoms. The highest BCUT2D eigenvalue weighted by Crippen LogP contribution is 2.36. The van der Waals surface area contributed by atoms with Gasteiger partial charge in [-0.15, -0.1) is 13.2 Å². The number of aryl methyl sites for hydroxylation is 1. The minimum Gasteiger partial charge on any atom is -0.488 e. The summed E-state index contributed by atoms with van der Waals surface area (Å²) in [5, 5.41) is 0.491. The molecule has 0 aliphatic rings. The van der Waals surface area contributed by atoms with Crippen LogP contribution in [0.25, 0.3) is 22.1 Å². The Bertz CT molecular complexity index is 1470. The summed E-state index contributed by atoms with van der Waals surface area (Å²) in [4.78, 5) is 25.0. The largest absolute Gasteiger partial charge is 0.573 e. The van der Waals surface area contributed by atoms with Crippen molar-refractivity contribution in [2.75, 3.05) is 0 Å². The maximum Gasteiger partial charge on any atom is 0.573 e. The van der Waals surface area contributed by atoms with E-state index >= 15 is 0 Å². The fourth-order valence-electron chi connectivity index (χ4n) is 4.83. The molecule has 222 valence electrons. The molecule has 0 saturated heterocycles. The van der Waals surface area contributed by atoms with Crippen LogP contribution in [0.5, 0.6) is 11.5 Å². The lowest BCUT2D eigenvalue weighted by Crippen LogP contribution is -2.40. The van der Waals surface area contributed by atoms with Crippen molar-refractivity contribution in [2.24, 2.45) is 0 Å². The zero-order chi connectivity index (χ0) is 30.6. The molecule has 0 N–H and O–H groups in total. The van der Waals surface area contributed by atoms with Crippen LogP contribution in [-0.4, -0.2) is 23.5 Å². The molecule has 0 spiro atoms. The molecule has 0 aliphatic carbocycles. The van der Waals surface area contributed by atoms with E-state index in [-0.39, 0.29) is 16.7 Å². The van der Waals surface area contributed by atoms with Crippen molar-refractivity contribution in [3.05, 3.63) is 70.6 Å². The topological polar surface area (TPSA) is 75.0 Å². The second kappa shape index (κ2) is 12.4. The molecule has 6 nitrogen and oxygen atoms in total. The molecule has 0 fully saturated rings. The van der Waals surface area contributed by atoms with Crippen LogP contribution in [0.3, 0.4) is 0 Å². The minimum absolute atomic E-state index is 0.00906. The lowest BCUT2D eigenvalue weighted by molar-refractivity contribution is -0.274. The zero-order valence-corrected chi connectivity index (χ0v) is 24.4. The molecule has 3 aromatic rings. The predicted molar refractivity (Wildman–Crippen MR) is 152 cm³/mol. The first-order valence-corrected chi connectivity index (χ1v) is 13.5. The predicted octanol–water partition coefficient (Wildman–Crippen LogP) is 8.54. The number of alkyl halides is 3. The number of carbonyl (C=O) groups excluding carboxylic acids is 1. The smallest absolute Gasteiger partial charge is 0.488 e. The molecular formula is C32H37F3O6. The molecule has 0 unspecified atom stereocenters. The molecule has 2 aromatic carbocycles. The van der Waals surface area contributed by atoms with Crippen molar-refractivity contribution in [3.8, 4) is 22.6 Å². The number of rotatable bonds is 12. The third-order valence-electron chi connectivity index (χ3n) is 6.30. The van der Waals surface area contributed by atoms with Crippen LogP contribution < -0.4 is 15.1 Å². The Kier molecular flexibility index (Phi) is 9.62. The van der Waals surface area contributed by atoms with Gasteiger partial charge in [0.05, 0.1) is 5.56 Å². The molecule has 0 aliphatic heterocycles. The van der Waals surface area contributed by atoms with Gasteiger partial charge in [-0.05, 0) is 77.3 Å². The molecule has 0 saturated carbocycles. The van der Waals surface area contributed by atoms with Gasteiger partial charge in [0.15, 0.2) is 0 Å². The Balaban J connectivity index is 1.91. The van der Waals surface area contributed by atoms with Gasteiger partial charge >= 0.3 is 18.0 Å². The van der Waals surface area contributed by atoms with Gasteiger partial charge < -0.3 is 18.6 Å². The number of hydrogen-bond donors (Lipinski definition) is 0. The van der Waals surface area contributed by atoms with Gasteiger partial charge in [-0.25, -0.2) is 9.59 Å². The SMILES string of the molecule is C=C(C)C(=O)OC(C)(C)CC(C)(C)Oc1ccc2cc(-c3ccc(CCCCC)cc3OC(F)(F)F)c(=O)oc2c1. The molecule has 1 aromatic heterocycles. The fourth-order valence-corrected chi connectivity index (χ4v) is 4.83. The quantitative estimate of drug-likeness (QED) is 0.0934. The van der Waals surface area contributed by atoms with Crippen molar-refractivity contribution >= 4 is 16.9 Å². The Morgan fingerprint density at radius 2 is 1.63 bits per heavy atom. The fraction of sp³-hybridized carbons (Fsp3) is 0.438. The number of fused-ring (bicyclic) bond motifs is 1. The van der Waals surface area contributed by atoms with Gasteiger partial charge in [-0.1, -0.05) is 38.5 Å². The Morgan fingerprint density at radius 1 is 0.927 bits per heavy atom. The number of carbonyl (C=O) groups is 1. The van der Waals surface area contributed by atoms with Crippen LogP contribution in [0.1, 0.15) is 72.8 Å². The summed E-state index contributed by atoms with van der Waals surface area (Å²) < 4.78 is 61.2. The second-order valence-electron chi connectivity index (χ2n) is 11.5. The molecule has 1 heterocycles. The van der Waals surface area contributed by atoms with E-state index in [1.165, 1.54) is 18.2 Å². The van der Waals surface area contributed by atoms with Gasteiger partial charge in [-0.3, -0.25) is 0 Å². The van der Waals surface area contributed by atoms with Crippen LogP contribution in [0.15, 0.2) is 63.8 Å². The first kappa shape index (κ1) is 31.8. The lowest BCUT2D eigenvalue weighted by atomic mass is 9.92. The summed E-state index contributed by atoms with van der Waals surface area (Å²) in [5.74, 6) is -0.545. The highest BCUT2D eigenvalue weighted by Gasteiger charge is 2.34. The summed E-state index contributed by atoms with van der Waals surface area (Å²) in [6.45, 7) is 14.4. The van der Waals surface area contributed by atoms with E-state index in [0.717, 1.165) is 19.3 Å². The van der Waals surface area contributed by atoms with E-state index in [4.69, 9.17) is 13.9 Å². The summed E-state index contributed by atoms with van der Waals surface area (Å²) in [7, 11) is 0. The third-order valence-corrected chi connectivity index (χ3v) is 6.30. The van der Waals surface area contributed by atoms with E-state index in [1.807, 2.05) is 20.8 Å². The average molecular weight is 575 g/mol. The number of halogens is 3. The van der Waals surface area contributed by atoms with Gasteiger partial charge in [-0.2, -0.15) is 0 Å². The maximum absolute atomic E-state index is 13.2. The van der Waals surface area contributed by atoms with Gasteiger partial charge in [0.25, 0.3) is 0 Å². The van der Waals surface area contributed by atoms with Crippen LogP contribution in [0.4, 0.5) is 13.2 Å². The normalized spacial score (nSPS) is 12.3. The van der Waals surface area contributed by atoms with Crippen molar-refractivity contribution in [3.63, 3.8) is 0 Å². The van der Waals surface area contributed by atoms with Gasteiger partial charge in [0.1, 0.15) is 28.3 Å². The van der Waals surface area contributed by atoms with Crippen LogP contribution in [0.2, 0.25) is 0 Å². The molecular weight excluding hydrogens is 537 g/mol. The van der Waals surface area contributed by atoms with E-state index in [2.05, 4.69) is 11.3 Å². The van der Waals surface area contributed by atoms with E-state index in [0.29, 0.717) is 35.1 Å². The number of esters is 1. The summed E-state index contributed by atoms with van der Waals surface area (Å²) in [6.07, 6.45) is -1.22. The average Bonchev–Trinajstić information content (AvgIpc) is 2.82. The van der Waals surface area contributed by atoms with Crippen LogP contribution >= 0.6 is 0 Å². The standard InChI is InChI=1S/C32H37F3O6/c1-8-9-10-11-21-12-15-24(27(16-21)40-32(33,34)35)25-17-22-13-14-23(18-26(22)38-29(25)37)39-30(4,5)19-31(6,7)41-28(36)20(2)3/h12-18H,2,8-11,19H2,1,3-7H3. The second-order valence-corrected chi connectivity index (χ2v) is 11.5. The van der Waals surface area contributed by atoms with Gasteiger partial charge in [0, 0.05) is 29.0 Å². The summed E-state index contributed by atoms with van der Waals surface area (Å²) >= 11 is 0. The number of benzene rings is 2. The maximum atomic E-state index is 13.2. The van der Waals surface area contributed by atoms with Crippen molar-refractivity contribution in [2.45, 2.75) is 91.2 Å². The van der Waals surface area contributed by atoms with E-state index in [9.17, 15) is 22.8 Å². The van der Waals surface area contributed by atoms with E-state index < -0.39 is 34.9 Å². The number of unbranched alkanes of at least 4 members (excludes halogenated alkanes) is 2. The first-order chi connectivity index (χ1) is 19.0. The highest BCUT2D eigenvalue weighted by atomic mass is 19.4. The molecule has 0 radical (unpaired) electrons. The monoisotopic (exact) mass is 574 g/mol. The number of ether oxygens (including phenoxy) is 3. The highest BCUT2D eigenvalue weighted by molar-refractivity contribution is 5.87. The van der Waals surface area contributed by atoms with Gasteiger partial charge in [0.2, 0.25) is 0 Å². The molecule has 3 rings (SSSR count). The molecule has 9 heteroatoms. The Morgan fingerprint density at radius 3 is 2.27 bits per heavy atom. The third kappa shape index (κ3) is 9.13. The number of hydrogen-bond acceptors (Lipinski definition) is 6. The van der Waals surface area contributed by atoms with Crippen molar-refractivity contribution < 1.29 is 36.6 Å². The molecule has 0 amide bonds. The Hall–Kier alpha value is -3.75. The minimum atomic E-state index is -4.93. The lowest BCUT2D eigenvalue weighted by Gasteiger charge is -2.35.